The van der Waals surface area contributed by atoms with E-state index in [1.807, 2.05) is 54.6 Å². The Balaban J connectivity index is 1.50. The van der Waals surface area contributed by atoms with Crippen molar-refractivity contribution in [1.29, 1.82) is 0 Å². The number of nitrogens with one attached hydrogen (secondary N) is 1. The molecule has 1 saturated carbocycles. The molecule has 7 heteroatoms. The molecule has 0 spiro atoms. The number of thioether (sulfide) groups is 1. The highest BCUT2D eigenvalue weighted by Gasteiger charge is 2.31. The van der Waals surface area contributed by atoms with Crippen molar-refractivity contribution in [3.63, 3.8) is 0 Å². The van der Waals surface area contributed by atoms with Crippen molar-refractivity contribution in [1.82, 2.24) is 14.8 Å². The van der Waals surface area contributed by atoms with Crippen LogP contribution in [0.3, 0.4) is 0 Å². The number of anilines is 1. The third-order valence-electron chi connectivity index (χ3n) is 4.10. The van der Waals surface area contributed by atoms with Gasteiger partial charge in [-0.25, -0.2) is 0 Å². The van der Waals surface area contributed by atoms with Crippen molar-refractivity contribution in [3.05, 3.63) is 64.9 Å². The lowest BCUT2D eigenvalue weighted by molar-refractivity contribution is -0.113. The quantitative estimate of drug-likeness (QED) is 0.580. The first-order chi connectivity index (χ1) is 12.7. The first kappa shape index (κ1) is 17.3. The average Bonchev–Trinajstić information content (AvgIpc) is 3.42. The number of amides is 1. The first-order valence-corrected chi connectivity index (χ1v) is 10.2. The predicted octanol–water partition coefficient (Wildman–Crippen LogP) is 4.64. The minimum atomic E-state index is -0.0718. The molecule has 26 heavy (non-hydrogen) atoms. The van der Waals surface area contributed by atoms with Crippen molar-refractivity contribution < 1.29 is 4.79 Å². The molecule has 0 radical (unpaired) electrons. The van der Waals surface area contributed by atoms with Gasteiger partial charge in [-0.1, -0.05) is 42.1 Å². The second kappa shape index (κ2) is 7.63. The Bertz CT molecular complexity index is 924. The summed E-state index contributed by atoms with van der Waals surface area (Å²) in [6.45, 7) is 0. The highest BCUT2D eigenvalue weighted by atomic mass is 79.9. The molecule has 0 saturated heterocycles. The summed E-state index contributed by atoms with van der Waals surface area (Å²) < 4.78 is 2.94. The van der Waals surface area contributed by atoms with Crippen molar-refractivity contribution in [2.45, 2.75) is 23.9 Å². The highest BCUT2D eigenvalue weighted by Crippen LogP contribution is 2.41. The highest BCUT2D eigenvalue weighted by molar-refractivity contribution is 9.10. The van der Waals surface area contributed by atoms with Gasteiger partial charge in [0.05, 0.1) is 11.4 Å². The number of carbonyl (C=O) groups excluding carboxylic acids is 1. The minimum Gasteiger partial charge on any atom is -0.324 e. The summed E-state index contributed by atoms with van der Waals surface area (Å²) in [5.41, 5.74) is 1.80. The number of hydrogen-bond donors (Lipinski definition) is 1. The zero-order valence-electron chi connectivity index (χ0n) is 13.9. The Labute approximate surface area is 164 Å². The fourth-order valence-electron chi connectivity index (χ4n) is 2.68. The Kier molecular flexibility index (Phi) is 5.08. The van der Waals surface area contributed by atoms with Gasteiger partial charge in [-0.3, -0.25) is 9.36 Å². The number of aromatic nitrogens is 3. The summed E-state index contributed by atoms with van der Waals surface area (Å²) in [6, 6.07) is 17.6. The molecule has 1 heterocycles. The van der Waals surface area contributed by atoms with Crippen LogP contribution in [0.5, 0.6) is 0 Å². The average molecular weight is 429 g/mol. The van der Waals surface area contributed by atoms with E-state index in [2.05, 4.69) is 36.0 Å². The molecule has 1 aromatic heterocycles. The van der Waals surface area contributed by atoms with Crippen molar-refractivity contribution in [3.8, 4) is 5.69 Å². The number of para-hydroxylation sites is 2. The van der Waals surface area contributed by atoms with Crippen LogP contribution in [0.15, 0.2) is 64.2 Å². The normalized spacial score (nSPS) is 13.6. The molecule has 2 aromatic carbocycles. The number of carbonyl (C=O) groups is 1. The smallest absolute Gasteiger partial charge is 0.234 e. The third-order valence-corrected chi connectivity index (χ3v) is 5.72. The van der Waals surface area contributed by atoms with E-state index in [0.717, 1.165) is 39.7 Å². The van der Waals surface area contributed by atoms with Gasteiger partial charge in [0, 0.05) is 16.1 Å². The van der Waals surface area contributed by atoms with Crippen molar-refractivity contribution >= 4 is 39.3 Å². The fraction of sp³-hybridized carbons (Fsp3) is 0.211. The summed E-state index contributed by atoms with van der Waals surface area (Å²) in [4.78, 5) is 12.3. The molecule has 1 N–H and O–H groups in total. The molecule has 0 unspecified atom stereocenters. The summed E-state index contributed by atoms with van der Waals surface area (Å²) in [5.74, 6) is 1.67. The number of benzene rings is 2. The lowest BCUT2D eigenvalue weighted by Crippen LogP contribution is -2.15. The van der Waals surface area contributed by atoms with E-state index in [1.165, 1.54) is 11.8 Å². The molecule has 1 fully saturated rings. The molecular weight excluding hydrogens is 412 g/mol. The zero-order chi connectivity index (χ0) is 17.9. The summed E-state index contributed by atoms with van der Waals surface area (Å²) >= 11 is 4.84. The molecule has 1 aliphatic carbocycles. The Morgan fingerprint density at radius 2 is 1.85 bits per heavy atom. The second-order valence-corrected chi connectivity index (χ2v) is 7.90. The molecule has 0 bridgehead atoms. The van der Waals surface area contributed by atoms with E-state index >= 15 is 0 Å². The maximum Gasteiger partial charge on any atom is 0.234 e. The standard InChI is InChI=1S/C19H17BrN4OS/c20-15-8-4-5-9-16(15)21-17(25)12-26-19-23-22-18(13-10-11-13)24(19)14-6-2-1-3-7-14/h1-9,13H,10-12H2,(H,21,25). The van der Waals surface area contributed by atoms with Gasteiger partial charge < -0.3 is 5.32 Å². The van der Waals surface area contributed by atoms with Crippen LogP contribution < -0.4 is 5.32 Å². The first-order valence-electron chi connectivity index (χ1n) is 8.40. The number of hydrogen-bond acceptors (Lipinski definition) is 4. The van der Waals surface area contributed by atoms with E-state index in [0.29, 0.717) is 5.92 Å². The van der Waals surface area contributed by atoms with Gasteiger partial charge in [-0.2, -0.15) is 0 Å². The molecule has 1 amide bonds. The molecule has 132 valence electrons. The van der Waals surface area contributed by atoms with E-state index in [-0.39, 0.29) is 11.7 Å². The van der Waals surface area contributed by atoms with Crippen LogP contribution in [-0.2, 0) is 4.79 Å². The van der Waals surface area contributed by atoms with Crippen molar-refractivity contribution in [2.75, 3.05) is 11.1 Å². The number of halogens is 1. The zero-order valence-corrected chi connectivity index (χ0v) is 16.3. The largest absolute Gasteiger partial charge is 0.324 e. The van der Waals surface area contributed by atoms with Crippen molar-refractivity contribution in [2.24, 2.45) is 0 Å². The summed E-state index contributed by atoms with van der Waals surface area (Å²) in [5, 5.41) is 12.4. The monoisotopic (exact) mass is 428 g/mol. The van der Waals surface area contributed by atoms with Gasteiger partial charge in [-0.15, -0.1) is 10.2 Å². The van der Waals surface area contributed by atoms with Crippen LogP contribution in [0.4, 0.5) is 5.69 Å². The summed E-state index contributed by atoms with van der Waals surface area (Å²) in [6.07, 6.45) is 2.30. The van der Waals surface area contributed by atoms with Crippen LogP contribution in [-0.4, -0.2) is 26.4 Å². The van der Waals surface area contributed by atoms with E-state index in [9.17, 15) is 4.79 Å². The molecule has 3 aromatic rings. The van der Waals surface area contributed by atoms with Crippen LogP contribution in [0.2, 0.25) is 0 Å². The third kappa shape index (κ3) is 3.83. The Morgan fingerprint density at radius 3 is 2.58 bits per heavy atom. The Morgan fingerprint density at radius 1 is 1.12 bits per heavy atom. The molecule has 0 aliphatic heterocycles. The molecule has 1 aliphatic rings. The van der Waals surface area contributed by atoms with Gasteiger partial charge >= 0.3 is 0 Å². The summed E-state index contributed by atoms with van der Waals surface area (Å²) in [7, 11) is 0. The Hall–Kier alpha value is -2.12. The van der Waals surface area contributed by atoms with Crippen LogP contribution in [0.25, 0.3) is 5.69 Å². The fourth-order valence-corrected chi connectivity index (χ4v) is 3.82. The van der Waals surface area contributed by atoms with E-state index in [1.54, 1.807) is 0 Å². The minimum absolute atomic E-state index is 0.0718. The van der Waals surface area contributed by atoms with Crippen LogP contribution in [0, 0.1) is 0 Å². The predicted molar refractivity (Wildman–Crippen MR) is 107 cm³/mol. The molecule has 4 rings (SSSR count). The number of nitrogens with zero attached hydrogens (tertiary/aromatic N) is 3. The van der Waals surface area contributed by atoms with Crippen LogP contribution in [0.1, 0.15) is 24.6 Å². The van der Waals surface area contributed by atoms with Gasteiger partial charge in [0.15, 0.2) is 5.16 Å². The lowest BCUT2D eigenvalue weighted by atomic mass is 10.3. The number of rotatable bonds is 6. The van der Waals surface area contributed by atoms with Crippen LogP contribution >= 0.6 is 27.7 Å². The maximum absolute atomic E-state index is 12.3. The molecule has 0 atom stereocenters. The molecule has 5 nitrogen and oxygen atoms in total. The van der Waals surface area contributed by atoms with Gasteiger partial charge in [-0.05, 0) is 53.0 Å². The van der Waals surface area contributed by atoms with Gasteiger partial charge in [0.1, 0.15) is 5.82 Å². The maximum atomic E-state index is 12.3. The van der Waals surface area contributed by atoms with Gasteiger partial charge in [0.2, 0.25) is 5.91 Å². The topological polar surface area (TPSA) is 59.8 Å². The lowest BCUT2D eigenvalue weighted by Gasteiger charge is -2.10. The van der Waals surface area contributed by atoms with E-state index in [4.69, 9.17) is 0 Å². The SMILES string of the molecule is O=C(CSc1nnc(C2CC2)n1-c1ccccc1)Nc1ccccc1Br. The van der Waals surface area contributed by atoms with E-state index < -0.39 is 0 Å². The van der Waals surface area contributed by atoms with Gasteiger partial charge in [0.25, 0.3) is 0 Å². The molecular formula is C19H17BrN4OS. The second-order valence-electron chi connectivity index (χ2n) is 6.10.